The smallest absolute Gasteiger partial charge is 0.230 e. The van der Waals surface area contributed by atoms with E-state index in [0.29, 0.717) is 12.3 Å². The summed E-state index contributed by atoms with van der Waals surface area (Å²) < 4.78 is 0. The number of thiazole rings is 1. The van der Waals surface area contributed by atoms with Gasteiger partial charge in [0.25, 0.3) is 0 Å². The van der Waals surface area contributed by atoms with Crippen molar-refractivity contribution in [2.24, 2.45) is 0 Å². The Kier molecular flexibility index (Phi) is 4.94. The predicted molar refractivity (Wildman–Crippen MR) is 112 cm³/mol. The van der Waals surface area contributed by atoms with E-state index in [9.17, 15) is 4.79 Å². The van der Waals surface area contributed by atoms with Crippen molar-refractivity contribution in [1.29, 1.82) is 0 Å². The van der Waals surface area contributed by atoms with Crippen LogP contribution < -0.4 is 10.2 Å². The van der Waals surface area contributed by atoms with Crippen molar-refractivity contribution < 1.29 is 4.79 Å². The van der Waals surface area contributed by atoms with Gasteiger partial charge in [-0.05, 0) is 30.2 Å². The first kappa shape index (κ1) is 17.7. The molecule has 138 valence electrons. The molecule has 1 aliphatic rings. The molecule has 1 aliphatic heterocycles. The fraction of sp³-hybridized carbons (Fsp3) is 0.273. The van der Waals surface area contributed by atoms with E-state index < -0.39 is 0 Å². The average molecular weight is 378 g/mol. The molecule has 0 spiro atoms. The molecular formula is C22H23N3OS. The van der Waals surface area contributed by atoms with Gasteiger partial charge in [0.2, 0.25) is 5.91 Å². The Morgan fingerprint density at radius 2 is 1.89 bits per heavy atom. The highest BCUT2D eigenvalue weighted by molar-refractivity contribution is 7.09. The summed E-state index contributed by atoms with van der Waals surface area (Å²) in [6, 6.07) is 16.5. The Labute approximate surface area is 163 Å². The molecule has 3 aromatic rings. The molecule has 0 bridgehead atoms. The number of nitrogens with zero attached hydrogens (tertiary/aromatic N) is 2. The molecule has 0 radical (unpaired) electrons. The van der Waals surface area contributed by atoms with Gasteiger partial charge < -0.3 is 10.2 Å². The van der Waals surface area contributed by atoms with Gasteiger partial charge in [-0.3, -0.25) is 4.79 Å². The first-order valence-electron chi connectivity index (χ1n) is 9.30. The lowest BCUT2D eigenvalue weighted by Gasteiger charge is -2.23. The monoisotopic (exact) mass is 377 g/mol. The van der Waals surface area contributed by atoms with Gasteiger partial charge in [0, 0.05) is 23.5 Å². The van der Waals surface area contributed by atoms with Crippen LogP contribution in [0.15, 0.2) is 53.9 Å². The van der Waals surface area contributed by atoms with Crippen LogP contribution in [0.5, 0.6) is 0 Å². The van der Waals surface area contributed by atoms with Crippen LogP contribution in [0.1, 0.15) is 36.0 Å². The molecule has 0 aliphatic carbocycles. The number of para-hydroxylation sites is 3. The number of anilines is 3. The summed E-state index contributed by atoms with van der Waals surface area (Å²) in [6.07, 6.45) is 1.32. The molecule has 0 saturated carbocycles. The maximum Gasteiger partial charge on any atom is 0.230 e. The third kappa shape index (κ3) is 3.74. The molecule has 27 heavy (non-hydrogen) atoms. The lowest BCUT2D eigenvalue weighted by Crippen LogP contribution is -2.19. The number of rotatable bonds is 5. The highest BCUT2D eigenvalue weighted by atomic mass is 32.1. The molecule has 2 aromatic carbocycles. The maximum absolute atomic E-state index is 12.6. The number of hydrogen-bond donors (Lipinski definition) is 1. The Hall–Kier alpha value is -2.66. The zero-order valence-electron chi connectivity index (χ0n) is 15.6. The number of carbonyl (C=O) groups excluding carboxylic acids is 1. The lowest BCUT2D eigenvalue weighted by atomic mass is 10.1. The number of nitrogens with one attached hydrogen (secondary N) is 1. The molecule has 1 amide bonds. The summed E-state index contributed by atoms with van der Waals surface area (Å²) in [5.74, 6) is 0.360. The normalized spacial score (nSPS) is 13.1. The number of benzene rings is 2. The minimum Gasteiger partial charge on any atom is -0.339 e. The van der Waals surface area contributed by atoms with E-state index in [-0.39, 0.29) is 5.91 Å². The second-order valence-electron chi connectivity index (χ2n) is 7.10. The van der Waals surface area contributed by atoms with Crippen LogP contribution in [0, 0.1) is 0 Å². The van der Waals surface area contributed by atoms with Crippen LogP contribution in [0.25, 0.3) is 0 Å². The van der Waals surface area contributed by atoms with E-state index in [1.165, 1.54) is 11.3 Å². The molecule has 1 N–H and O–H groups in total. The zero-order chi connectivity index (χ0) is 18.8. The molecule has 4 nitrogen and oxygen atoms in total. The molecule has 1 aromatic heterocycles. The number of fused-ring (bicyclic) bond motifs is 1. The maximum atomic E-state index is 12.6. The Bertz CT molecular complexity index is 963. The van der Waals surface area contributed by atoms with Crippen LogP contribution in [-0.4, -0.2) is 17.4 Å². The number of amides is 1. The summed E-state index contributed by atoms with van der Waals surface area (Å²) in [5.41, 5.74) is 5.29. The van der Waals surface area contributed by atoms with Crippen LogP contribution in [0.3, 0.4) is 0 Å². The van der Waals surface area contributed by atoms with Crippen molar-refractivity contribution in [3.8, 4) is 0 Å². The van der Waals surface area contributed by atoms with Crippen LogP contribution in [-0.2, 0) is 17.6 Å². The van der Waals surface area contributed by atoms with E-state index in [0.717, 1.165) is 35.0 Å². The third-order valence-electron chi connectivity index (χ3n) is 4.76. The second-order valence-corrected chi connectivity index (χ2v) is 7.99. The van der Waals surface area contributed by atoms with Crippen molar-refractivity contribution in [2.45, 2.75) is 32.6 Å². The summed E-state index contributed by atoms with van der Waals surface area (Å²) in [6.45, 7) is 5.16. The first-order valence-corrected chi connectivity index (χ1v) is 10.2. The number of hydrogen-bond acceptors (Lipinski definition) is 4. The minimum absolute atomic E-state index is 0.0319. The summed E-state index contributed by atoms with van der Waals surface area (Å²) in [4.78, 5) is 19.5. The van der Waals surface area contributed by atoms with E-state index in [4.69, 9.17) is 0 Å². The van der Waals surface area contributed by atoms with Gasteiger partial charge in [-0.2, -0.15) is 0 Å². The van der Waals surface area contributed by atoms with Gasteiger partial charge in [-0.25, -0.2) is 4.98 Å². The summed E-state index contributed by atoms with van der Waals surface area (Å²) in [7, 11) is 0. The van der Waals surface area contributed by atoms with Crippen molar-refractivity contribution in [1.82, 2.24) is 4.98 Å². The molecule has 0 atom stereocenters. The van der Waals surface area contributed by atoms with Crippen LogP contribution >= 0.6 is 11.3 Å². The second kappa shape index (κ2) is 7.53. The highest BCUT2D eigenvalue weighted by Crippen LogP contribution is 2.38. The average Bonchev–Trinajstić information content (AvgIpc) is 3.29. The number of carbonyl (C=O) groups is 1. The molecule has 0 saturated heterocycles. The van der Waals surface area contributed by atoms with Gasteiger partial charge in [-0.15, -0.1) is 11.3 Å². The minimum atomic E-state index is -0.0319. The summed E-state index contributed by atoms with van der Waals surface area (Å²) in [5, 5.41) is 6.15. The Balaban J connectivity index is 1.52. The van der Waals surface area contributed by atoms with Gasteiger partial charge in [-0.1, -0.05) is 44.2 Å². The van der Waals surface area contributed by atoms with Crippen LogP contribution in [0.2, 0.25) is 0 Å². The molecule has 0 fully saturated rings. The SMILES string of the molecule is CC(C)c1nc(CC(=O)Nc2ccccc2N2CCc3ccccc32)cs1. The van der Waals surface area contributed by atoms with E-state index >= 15 is 0 Å². The van der Waals surface area contributed by atoms with Gasteiger partial charge in [0.05, 0.1) is 28.5 Å². The van der Waals surface area contributed by atoms with E-state index in [1.54, 1.807) is 11.3 Å². The molecule has 0 unspecified atom stereocenters. The fourth-order valence-electron chi connectivity index (χ4n) is 3.43. The topological polar surface area (TPSA) is 45.2 Å². The van der Waals surface area contributed by atoms with Gasteiger partial charge in [0.15, 0.2) is 0 Å². The Morgan fingerprint density at radius 3 is 2.67 bits per heavy atom. The standard InChI is InChI=1S/C22H23N3OS/c1-15(2)22-23-17(14-27-22)13-21(26)24-18-8-4-6-10-20(18)25-12-11-16-7-3-5-9-19(16)25/h3-10,14-15H,11-13H2,1-2H3,(H,24,26). The number of aromatic nitrogens is 1. The van der Waals surface area contributed by atoms with Gasteiger partial charge >= 0.3 is 0 Å². The zero-order valence-corrected chi connectivity index (χ0v) is 16.4. The molecule has 2 heterocycles. The van der Waals surface area contributed by atoms with Crippen molar-refractivity contribution in [3.05, 3.63) is 70.2 Å². The lowest BCUT2D eigenvalue weighted by molar-refractivity contribution is -0.115. The van der Waals surface area contributed by atoms with Crippen LogP contribution in [0.4, 0.5) is 17.1 Å². The fourth-order valence-corrected chi connectivity index (χ4v) is 4.27. The molecule has 4 rings (SSSR count). The van der Waals surface area contributed by atoms with E-state index in [1.807, 2.05) is 23.6 Å². The highest BCUT2D eigenvalue weighted by Gasteiger charge is 2.22. The Morgan fingerprint density at radius 1 is 1.15 bits per heavy atom. The predicted octanol–water partition coefficient (Wildman–Crippen LogP) is 5.14. The van der Waals surface area contributed by atoms with E-state index in [2.05, 4.69) is 59.4 Å². The van der Waals surface area contributed by atoms with Crippen molar-refractivity contribution in [3.63, 3.8) is 0 Å². The van der Waals surface area contributed by atoms with Crippen molar-refractivity contribution >= 4 is 34.3 Å². The van der Waals surface area contributed by atoms with Crippen molar-refractivity contribution in [2.75, 3.05) is 16.8 Å². The summed E-state index contributed by atoms with van der Waals surface area (Å²) >= 11 is 1.62. The molecular weight excluding hydrogens is 354 g/mol. The molecule has 5 heteroatoms. The largest absolute Gasteiger partial charge is 0.339 e. The van der Waals surface area contributed by atoms with Gasteiger partial charge in [0.1, 0.15) is 0 Å². The quantitative estimate of drug-likeness (QED) is 0.669. The third-order valence-corrected chi connectivity index (χ3v) is 5.96. The first-order chi connectivity index (χ1) is 13.1.